The molecule has 0 aliphatic carbocycles. The summed E-state index contributed by atoms with van der Waals surface area (Å²) in [5.74, 6) is 0. The Kier molecular flexibility index (Phi) is 7.36. The highest BCUT2D eigenvalue weighted by molar-refractivity contribution is 5.86. The van der Waals surface area contributed by atoms with Crippen LogP contribution in [0.4, 0.5) is 5.69 Å². The van der Waals surface area contributed by atoms with Gasteiger partial charge in [-0.05, 0) is 30.2 Å². The molecule has 0 atom stereocenters. The van der Waals surface area contributed by atoms with Crippen molar-refractivity contribution in [3.05, 3.63) is 60.6 Å². The van der Waals surface area contributed by atoms with Crippen LogP contribution in [0.1, 0.15) is 18.9 Å². The maximum absolute atomic E-state index is 5.90. The van der Waals surface area contributed by atoms with E-state index in [1.54, 1.807) is 0 Å². The second kappa shape index (κ2) is 8.77. The van der Waals surface area contributed by atoms with Crippen molar-refractivity contribution in [1.82, 2.24) is 9.66 Å². The molecule has 0 aliphatic rings. The van der Waals surface area contributed by atoms with Crippen molar-refractivity contribution in [1.29, 1.82) is 0 Å². The molecule has 0 amide bonds. The molecule has 124 valence electrons. The molecule has 0 radical (unpaired) electrons. The van der Waals surface area contributed by atoms with Gasteiger partial charge in [-0.15, -0.1) is 24.8 Å². The zero-order valence-corrected chi connectivity index (χ0v) is 14.7. The molecule has 0 unspecified atom stereocenters. The number of nitrogens with two attached hydrogens (primary N) is 1. The Hall–Kier alpha value is -1.75. The minimum atomic E-state index is 0. The molecule has 0 saturated carbocycles. The van der Waals surface area contributed by atoms with Crippen LogP contribution in [0.5, 0.6) is 0 Å². The summed E-state index contributed by atoms with van der Waals surface area (Å²) in [5, 5.41) is 3.48. The van der Waals surface area contributed by atoms with Gasteiger partial charge in [0.25, 0.3) is 0 Å². The lowest BCUT2D eigenvalue weighted by Gasteiger charge is -2.26. The number of aromatic nitrogens is 2. The largest absolute Gasteiger partial charge is 0.326 e. The van der Waals surface area contributed by atoms with Gasteiger partial charge in [0, 0.05) is 37.1 Å². The minimum absolute atomic E-state index is 0. The molecule has 23 heavy (non-hydrogen) atoms. The standard InChI is InChI=1S/C17H20N4.2ClH/c1-2-11-20(15-7-9-19-10-8-15)21-13-14(12-18)16-5-3-4-6-17(16)21;;/h3-10,13H,2,11-12,18H2,1H3;2*1H. The van der Waals surface area contributed by atoms with E-state index in [4.69, 9.17) is 5.73 Å². The highest BCUT2D eigenvalue weighted by Gasteiger charge is 2.13. The van der Waals surface area contributed by atoms with Crippen molar-refractivity contribution >= 4 is 41.4 Å². The van der Waals surface area contributed by atoms with Crippen molar-refractivity contribution in [3.63, 3.8) is 0 Å². The Labute approximate surface area is 149 Å². The molecule has 0 bridgehead atoms. The van der Waals surface area contributed by atoms with Gasteiger partial charge < -0.3 is 5.73 Å². The smallest absolute Gasteiger partial charge is 0.0702 e. The summed E-state index contributed by atoms with van der Waals surface area (Å²) in [6.07, 6.45) is 6.86. The quantitative estimate of drug-likeness (QED) is 0.754. The first-order valence-electron chi connectivity index (χ1n) is 7.32. The average molecular weight is 353 g/mol. The van der Waals surface area contributed by atoms with Gasteiger partial charge in [-0.2, -0.15) is 0 Å². The molecule has 4 nitrogen and oxygen atoms in total. The number of nitrogens with zero attached hydrogens (tertiary/aromatic N) is 3. The maximum atomic E-state index is 5.90. The number of rotatable bonds is 5. The fourth-order valence-electron chi connectivity index (χ4n) is 2.68. The summed E-state index contributed by atoms with van der Waals surface area (Å²) in [5.41, 5.74) is 9.39. The highest BCUT2D eigenvalue weighted by Crippen LogP contribution is 2.24. The van der Waals surface area contributed by atoms with Crippen LogP contribution in [-0.4, -0.2) is 16.2 Å². The molecule has 0 fully saturated rings. The molecule has 2 aromatic heterocycles. The zero-order chi connectivity index (χ0) is 14.7. The Morgan fingerprint density at radius 2 is 1.78 bits per heavy atom. The van der Waals surface area contributed by atoms with Gasteiger partial charge >= 0.3 is 0 Å². The van der Waals surface area contributed by atoms with Crippen molar-refractivity contribution in [3.8, 4) is 0 Å². The normalized spacial score (nSPS) is 10.0. The van der Waals surface area contributed by atoms with E-state index >= 15 is 0 Å². The van der Waals surface area contributed by atoms with Crippen LogP contribution in [-0.2, 0) is 6.54 Å². The fraction of sp³-hybridized carbons (Fsp3) is 0.235. The Morgan fingerprint density at radius 1 is 1.09 bits per heavy atom. The summed E-state index contributed by atoms with van der Waals surface area (Å²) in [7, 11) is 0. The van der Waals surface area contributed by atoms with Crippen LogP contribution in [0.15, 0.2) is 55.0 Å². The second-order valence-corrected chi connectivity index (χ2v) is 5.05. The SMILES string of the molecule is CCCN(c1ccncc1)n1cc(CN)c2ccccc21.Cl.Cl. The van der Waals surface area contributed by atoms with Gasteiger partial charge in [-0.3, -0.25) is 14.7 Å². The monoisotopic (exact) mass is 352 g/mol. The van der Waals surface area contributed by atoms with E-state index in [1.165, 1.54) is 16.5 Å². The molecular weight excluding hydrogens is 331 g/mol. The van der Waals surface area contributed by atoms with Crippen LogP contribution < -0.4 is 10.7 Å². The maximum Gasteiger partial charge on any atom is 0.0702 e. The van der Waals surface area contributed by atoms with Crippen molar-refractivity contribution in [2.45, 2.75) is 19.9 Å². The predicted octanol–water partition coefficient (Wildman–Crippen LogP) is 4.02. The van der Waals surface area contributed by atoms with E-state index in [2.05, 4.69) is 52.1 Å². The number of benzene rings is 1. The molecule has 1 aromatic carbocycles. The van der Waals surface area contributed by atoms with Crippen molar-refractivity contribution < 1.29 is 0 Å². The molecule has 2 N–H and O–H groups in total. The summed E-state index contributed by atoms with van der Waals surface area (Å²) in [4.78, 5) is 4.11. The van der Waals surface area contributed by atoms with Crippen LogP contribution in [0.25, 0.3) is 10.9 Å². The predicted molar refractivity (Wildman–Crippen MR) is 102 cm³/mol. The molecule has 0 saturated heterocycles. The third-order valence-electron chi connectivity index (χ3n) is 3.65. The number of anilines is 1. The Bertz CT molecular complexity index is 728. The van der Waals surface area contributed by atoms with E-state index in [-0.39, 0.29) is 24.8 Å². The Balaban J connectivity index is 0.00000132. The van der Waals surface area contributed by atoms with Gasteiger partial charge in [0.05, 0.1) is 11.2 Å². The zero-order valence-electron chi connectivity index (χ0n) is 13.1. The first kappa shape index (κ1) is 19.3. The van der Waals surface area contributed by atoms with Crippen LogP contribution >= 0.6 is 24.8 Å². The third-order valence-corrected chi connectivity index (χ3v) is 3.65. The van der Waals surface area contributed by atoms with Gasteiger partial charge in [-0.1, -0.05) is 25.1 Å². The fourth-order valence-corrected chi connectivity index (χ4v) is 2.68. The molecule has 6 heteroatoms. The molecule has 2 heterocycles. The molecule has 0 aliphatic heterocycles. The minimum Gasteiger partial charge on any atom is -0.326 e. The van der Waals surface area contributed by atoms with E-state index in [9.17, 15) is 0 Å². The van der Waals surface area contributed by atoms with E-state index < -0.39 is 0 Å². The number of para-hydroxylation sites is 1. The van der Waals surface area contributed by atoms with Gasteiger partial charge in [0.2, 0.25) is 0 Å². The summed E-state index contributed by atoms with van der Waals surface area (Å²) in [6, 6.07) is 12.5. The molecular formula is C17H22Cl2N4. The molecule has 0 spiro atoms. The Morgan fingerprint density at radius 3 is 2.43 bits per heavy atom. The highest BCUT2D eigenvalue weighted by atomic mass is 35.5. The topological polar surface area (TPSA) is 47.1 Å². The summed E-state index contributed by atoms with van der Waals surface area (Å²) < 4.78 is 2.20. The summed E-state index contributed by atoms with van der Waals surface area (Å²) >= 11 is 0. The first-order valence-corrected chi connectivity index (χ1v) is 7.32. The van der Waals surface area contributed by atoms with Crippen LogP contribution in [0.2, 0.25) is 0 Å². The summed E-state index contributed by atoms with van der Waals surface area (Å²) in [6.45, 7) is 3.67. The number of halogens is 2. The van der Waals surface area contributed by atoms with Gasteiger partial charge in [0.15, 0.2) is 0 Å². The van der Waals surface area contributed by atoms with Crippen LogP contribution in [0.3, 0.4) is 0 Å². The average Bonchev–Trinajstić information content (AvgIpc) is 2.92. The van der Waals surface area contributed by atoms with Crippen molar-refractivity contribution in [2.75, 3.05) is 11.6 Å². The second-order valence-electron chi connectivity index (χ2n) is 5.05. The van der Waals surface area contributed by atoms with E-state index in [0.29, 0.717) is 6.54 Å². The third kappa shape index (κ3) is 3.78. The molecule has 3 rings (SSSR count). The number of pyridine rings is 1. The van der Waals surface area contributed by atoms with Gasteiger partial charge in [-0.25, -0.2) is 0 Å². The number of hydrogen-bond donors (Lipinski definition) is 1. The number of fused-ring (bicyclic) bond motifs is 1. The van der Waals surface area contributed by atoms with Crippen molar-refractivity contribution in [2.24, 2.45) is 5.73 Å². The van der Waals surface area contributed by atoms with E-state index in [0.717, 1.165) is 18.7 Å². The van der Waals surface area contributed by atoms with Crippen LogP contribution in [0, 0.1) is 0 Å². The lowest BCUT2D eigenvalue weighted by Crippen LogP contribution is -2.29. The number of hydrogen-bond acceptors (Lipinski definition) is 3. The van der Waals surface area contributed by atoms with E-state index in [1.807, 2.05) is 24.5 Å². The lowest BCUT2D eigenvalue weighted by atomic mass is 10.2. The van der Waals surface area contributed by atoms with Gasteiger partial charge in [0.1, 0.15) is 0 Å². The molecule has 3 aromatic rings. The first-order chi connectivity index (χ1) is 10.3. The lowest BCUT2D eigenvalue weighted by molar-refractivity contribution is 0.693.